The van der Waals surface area contributed by atoms with Gasteiger partial charge in [-0.25, -0.2) is 0 Å². The molecule has 0 aliphatic heterocycles. The Bertz CT molecular complexity index is 263. The Hall–Kier alpha value is -0.970. The number of hydrogen-bond acceptors (Lipinski definition) is 4. The Morgan fingerprint density at radius 1 is 1.58 bits per heavy atom. The Kier molecular flexibility index (Phi) is 2.42. The predicted octanol–water partition coefficient (Wildman–Crippen LogP) is 1.07. The molecule has 0 radical (unpaired) electrons. The summed E-state index contributed by atoms with van der Waals surface area (Å²) in [5.74, 6) is -0.170. The van der Waals surface area contributed by atoms with Crippen LogP contribution in [-0.4, -0.2) is 20.2 Å². The van der Waals surface area contributed by atoms with Crippen LogP contribution in [0.1, 0.15) is 31.3 Å². The molecule has 1 amide bonds. The number of rotatable bonds is 1. The maximum atomic E-state index is 11.3. The molecule has 66 valence electrons. The molecule has 0 fully saturated rings. The third-order valence-corrected chi connectivity index (χ3v) is 1.56. The van der Waals surface area contributed by atoms with Gasteiger partial charge in [-0.2, -0.15) is 8.75 Å². The van der Waals surface area contributed by atoms with E-state index in [9.17, 15) is 4.79 Å². The van der Waals surface area contributed by atoms with Crippen LogP contribution in [0.25, 0.3) is 0 Å². The van der Waals surface area contributed by atoms with E-state index in [-0.39, 0.29) is 11.4 Å². The monoisotopic (exact) mass is 185 g/mol. The van der Waals surface area contributed by atoms with Gasteiger partial charge >= 0.3 is 0 Å². The molecule has 0 aromatic carbocycles. The second-order valence-corrected chi connectivity index (χ2v) is 4.05. The summed E-state index contributed by atoms with van der Waals surface area (Å²) >= 11 is 1.03. The van der Waals surface area contributed by atoms with Crippen LogP contribution in [0.5, 0.6) is 0 Å². The highest BCUT2D eigenvalue weighted by Gasteiger charge is 2.16. The van der Waals surface area contributed by atoms with E-state index in [1.807, 2.05) is 20.8 Å². The minimum atomic E-state index is -0.222. The van der Waals surface area contributed by atoms with Gasteiger partial charge in [-0.15, -0.1) is 0 Å². The summed E-state index contributed by atoms with van der Waals surface area (Å²) in [6, 6.07) is 0. The number of aromatic nitrogens is 2. The molecule has 4 nitrogen and oxygen atoms in total. The highest BCUT2D eigenvalue weighted by molar-refractivity contribution is 6.99. The van der Waals surface area contributed by atoms with Gasteiger partial charge in [0.15, 0.2) is 5.69 Å². The first-order chi connectivity index (χ1) is 5.49. The van der Waals surface area contributed by atoms with Crippen molar-refractivity contribution in [3.05, 3.63) is 11.9 Å². The average Bonchev–Trinajstić information content (AvgIpc) is 2.32. The molecule has 0 saturated heterocycles. The van der Waals surface area contributed by atoms with E-state index in [2.05, 4.69) is 14.1 Å². The molecule has 5 heteroatoms. The molecule has 1 N–H and O–H groups in total. The fourth-order valence-corrected chi connectivity index (χ4v) is 1.08. The molecule has 0 unspecified atom stereocenters. The van der Waals surface area contributed by atoms with E-state index in [0.29, 0.717) is 5.69 Å². The van der Waals surface area contributed by atoms with Gasteiger partial charge in [-0.05, 0) is 20.8 Å². The molecule has 0 aliphatic rings. The van der Waals surface area contributed by atoms with E-state index in [1.54, 1.807) is 0 Å². The van der Waals surface area contributed by atoms with Gasteiger partial charge in [0, 0.05) is 5.54 Å². The number of amides is 1. The second-order valence-electron chi connectivity index (χ2n) is 3.50. The van der Waals surface area contributed by atoms with Crippen molar-refractivity contribution in [3.8, 4) is 0 Å². The molecule has 1 aromatic heterocycles. The minimum absolute atomic E-state index is 0.170. The van der Waals surface area contributed by atoms with Crippen molar-refractivity contribution in [2.45, 2.75) is 26.3 Å². The first-order valence-corrected chi connectivity index (χ1v) is 4.32. The fourth-order valence-electron chi connectivity index (χ4n) is 0.669. The van der Waals surface area contributed by atoms with Crippen molar-refractivity contribution in [2.75, 3.05) is 0 Å². The molecule has 1 heterocycles. The summed E-state index contributed by atoms with van der Waals surface area (Å²) in [6.07, 6.45) is 1.46. The van der Waals surface area contributed by atoms with Crippen LogP contribution >= 0.6 is 11.7 Å². The van der Waals surface area contributed by atoms with Gasteiger partial charge in [0.2, 0.25) is 0 Å². The molecule has 0 aliphatic carbocycles. The Morgan fingerprint density at radius 2 is 2.25 bits per heavy atom. The first-order valence-electron chi connectivity index (χ1n) is 3.59. The second kappa shape index (κ2) is 3.18. The van der Waals surface area contributed by atoms with E-state index in [4.69, 9.17) is 0 Å². The molecule has 1 aromatic rings. The average molecular weight is 185 g/mol. The number of hydrogen-bond donors (Lipinski definition) is 1. The number of carbonyl (C=O) groups is 1. The SMILES string of the molecule is CC(C)(C)NC(=O)c1cnsn1. The van der Waals surface area contributed by atoms with E-state index >= 15 is 0 Å². The van der Waals surface area contributed by atoms with Gasteiger partial charge < -0.3 is 5.32 Å². The summed E-state index contributed by atoms with van der Waals surface area (Å²) < 4.78 is 7.56. The zero-order valence-electron chi connectivity index (χ0n) is 7.29. The number of nitrogens with zero attached hydrogens (tertiary/aromatic N) is 2. The maximum Gasteiger partial charge on any atom is 0.273 e. The predicted molar refractivity (Wildman–Crippen MR) is 47.1 cm³/mol. The van der Waals surface area contributed by atoms with Crippen molar-refractivity contribution in [1.82, 2.24) is 14.1 Å². The van der Waals surface area contributed by atoms with Crippen molar-refractivity contribution >= 4 is 17.6 Å². The van der Waals surface area contributed by atoms with E-state index in [1.165, 1.54) is 6.20 Å². The van der Waals surface area contributed by atoms with Gasteiger partial charge in [-0.3, -0.25) is 4.79 Å². The lowest BCUT2D eigenvalue weighted by Crippen LogP contribution is -2.40. The highest BCUT2D eigenvalue weighted by Crippen LogP contribution is 2.02. The van der Waals surface area contributed by atoms with Crippen LogP contribution in [0.4, 0.5) is 0 Å². The first kappa shape index (κ1) is 9.12. The van der Waals surface area contributed by atoms with Crippen LogP contribution in [0.3, 0.4) is 0 Å². The van der Waals surface area contributed by atoms with Crippen molar-refractivity contribution in [2.24, 2.45) is 0 Å². The summed E-state index contributed by atoms with van der Waals surface area (Å²) in [4.78, 5) is 11.3. The molecule has 12 heavy (non-hydrogen) atoms. The van der Waals surface area contributed by atoms with Crippen LogP contribution in [0.2, 0.25) is 0 Å². The van der Waals surface area contributed by atoms with Gasteiger partial charge in [0.05, 0.1) is 17.9 Å². The third-order valence-electron chi connectivity index (χ3n) is 1.08. The third kappa shape index (κ3) is 2.58. The van der Waals surface area contributed by atoms with Crippen molar-refractivity contribution in [1.29, 1.82) is 0 Å². The highest BCUT2D eigenvalue weighted by atomic mass is 32.1. The summed E-state index contributed by atoms with van der Waals surface area (Å²) in [5.41, 5.74) is 0.163. The largest absolute Gasteiger partial charge is 0.346 e. The quantitative estimate of drug-likeness (QED) is 0.712. The lowest BCUT2D eigenvalue weighted by molar-refractivity contribution is 0.0915. The Balaban J connectivity index is 2.63. The molecule has 0 bridgehead atoms. The summed E-state index contributed by atoms with van der Waals surface area (Å²) in [6.45, 7) is 5.76. The number of nitrogens with one attached hydrogen (secondary N) is 1. The zero-order chi connectivity index (χ0) is 9.19. The van der Waals surface area contributed by atoms with Crippen molar-refractivity contribution in [3.63, 3.8) is 0 Å². The van der Waals surface area contributed by atoms with Crippen LogP contribution < -0.4 is 5.32 Å². The fraction of sp³-hybridized carbons (Fsp3) is 0.571. The zero-order valence-corrected chi connectivity index (χ0v) is 8.10. The molecule has 0 atom stereocenters. The molecular formula is C7H11N3OS. The topological polar surface area (TPSA) is 54.9 Å². The van der Waals surface area contributed by atoms with Gasteiger partial charge in [0.1, 0.15) is 0 Å². The van der Waals surface area contributed by atoms with Crippen LogP contribution in [0, 0.1) is 0 Å². The Labute approximate surface area is 75.3 Å². The lowest BCUT2D eigenvalue weighted by Gasteiger charge is -2.19. The van der Waals surface area contributed by atoms with Gasteiger partial charge in [-0.1, -0.05) is 0 Å². The number of carbonyl (C=O) groups excluding carboxylic acids is 1. The lowest BCUT2D eigenvalue weighted by atomic mass is 10.1. The van der Waals surface area contributed by atoms with Crippen molar-refractivity contribution < 1.29 is 4.79 Å². The minimum Gasteiger partial charge on any atom is -0.346 e. The Morgan fingerprint density at radius 3 is 2.67 bits per heavy atom. The van der Waals surface area contributed by atoms with Crippen LogP contribution in [0.15, 0.2) is 6.20 Å². The van der Waals surface area contributed by atoms with Gasteiger partial charge in [0.25, 0.3) is 5.91 Å². The molecular weight excluding hydrogens is 174 g/mol. The summed E-state index contributed by atoms with van der Waals surface area (Å²) in [7, 11) is 0. The maximum absolute atomic E-state index is 11.3. The standard InChI is InChI=1S/C7H11N3OS/c1-7(2,3)9-6(11)5-4-8-12-10-5/h4H,1-3H3,(H,9,11). The van der Waals surface area contributed by atoms with E-state index < -0.39 is 0 Å². The van der Waals surface area contributed by atoms with E-state index in [0.717, 1.165) is 11.7 Å². The molecule has 0 spiro atoms. The van der Waals surface area contributed by atoms with Crippen LogP contribution in [-0.2, 0) is 0 Å². The summed E-state index contributed by atoms with van der Waals surface area (Å²) in [5, 5.41) is 2.79. The molecule has 0 saturated carbocycles. The molecule has 1 rings (SSSR count). The normalized spacial score (nSPS) is 11.2. The smallest absolute Gasteiger partial charge is 0.273 e.